The van der Waals surface area contributed by atoms with Gasteiger partial charge in [0.1, 0.15) is 5.75 Å². The maximum Gasteiger partial charge on any atom is 0.258 e. The summed E-state index contributed by atoms with van der Waals surface area (Å²) in [6.45, 7) is 0.326. The maximum absolute atomic E-state index is 12.5. The number of aromatic nitrogens is 1. The van der Waals surface area contributed by atoms with Gasteiger partial charge in [0.15, 0.2) is 6.61 Å². The second-order valence-electron chi connectivity index (χ2n) is 7.41. The summed E-state index contributed by atoms with van der Waals surface area (Å²) in [7, 11) is 1.56. The summed E-state index contributed by atoms with van der Waals surface area (Å²) in [5.74, 6) is 0.802. The van der Waals surface area contributed by atoms with Gasteiger partial charge in [-0.25, -0.2) is 4.98 Å². The molecule has 0 spiro atoms. The third kappa shape index (κ3) is 7.01. The van der Waals surface area contributed by atoms with Gasteiger partial charge in [0.05, 0.1) is 17.2 Å². The normalized spacial score (nSPS) is 18.2. The molecule has 1 aromatic carbocycles. The molecular weight excluding hydrogens is 441 g/mol. The molecule has 0 saturated heterocycles. The Kier molecular flexibility index (Phi) is 8.37. The van der Waals surface area contributed by atoms with Gasteiger partial charge in [-0.3, -0.25) is 9.59 Å². The molecule has 1 fully saturated rings. The lowest BCUT2D eigenvalue weighted by Gasteiger charge is -2.28. The van der Waals surface area contributed by atoms with Crippen molar-refractivity contribution in [3.63, 3.8) is 0 Å². The van der Waals surface area contributed by atoms with E-state index in [0.29, 0.717) is 28.2 Å². The number of nitrogens with zero attached hydrogens (tertiary/aromatic N) is 1. The van der Waals surface area contributed by atoms with Crippen LogP contribution in [0.3, 0.4) is 0 Å². The number of nitrogens with one attached hydrogen (secondary N) is 2. The summed E-state index contributed by atoms with van der Waals surface area (Å²) in [6, 6.07) is 8.53. The second kappa shape index (κ2) is 11.2. The number of hydrogen-bond donors (Lipinski definition) is 2. The van der Waals surface area contributed by atoms with E-state index in [-0.39, 0.29) is 30.4 Å². The van der Waals surface area contributed by atoms with Crippen LogP contribution in [-0.4, -0.2) is 36.6 Å². The quantitative estimate of drug-likeness (QED) is 0.619. The summed E-state index contributed by atoms with van der Waals surface area (Å²) >= 11 is 11.8. The number of halogens is 2. The highest BCUT2D eigenvalue weighted by atomic mass is 35.5. The van der Waals surface area contributed by atoms with Crippen molar-refractivity contribution in [3.05, 3.63) is 52.1 Å². The predicted molar refractivity (Wildman–Crippen MR) is 118 cm³/mol. The van der Waals surface area contributed by atoms with E-state index in [1.807, 2.05) is 6.07 Å². The van der Waals surface area contributed by atoms with Crippen LogP contribution in [0.15, 0.2) is 36.5 Å². The van der Waals surface area contributed by atoms with Crippen molar-refractivity contribution in [1.29, 1.82) is 0 Å². The van der Waals surface area contributed by atoms with Crippen LogP contribution >= 0.6 is 23.2 Å². The first kappa shape index (κ1) is 23.2. The van der Waals surface area contributed by atoms with Crippen molar-refractivity contribution in [3.8, 4) is 11.6 Å². The van der Waals surface area contributed by atoms with Crippen LogP contribution in [0, 0.1) is 5.92 Å². The molecule has 0 radical (unpaired) electrons. The summed E-state index contributed by atoms with van der Waals surface area (Å²) in [6.07, 6.45) is 4.64. The Balaban J connectivity index is 1.35. The molecule has 0 atom stereocenters. The van der Waals surface area contributed by atoms with Crippen LogP contribution in [-0.2, 0) is 16.1 Å². The van der Waals surface area contributed by atoms with E-state index in [9.17, 15) is 9.59 Å². The number of hydrogen-bond acceptors (Lipinski definition) is 5. The highest BCUT2D eigenvalue weighted by Crippen LogP contribution is 2.27. The van der Waals surface area contributed by atoms with Gasteiger partial charge >= 0.3 is 0 Å². The Morgan fingerprint density at radius 3 is 2.52 bits per heavy atom. The zero-order valence-electron chi connectivity index (χ0n) is 17.2. The Morgan fingerprint density at radius 1 is 1.10 bits per heavy atom. The standard InChI is InChI=1S/C22H25Cl2N3O4/c1-30-21-9-2-14(11-25-21)12-26-22(29)15-3-5-16(6-4-15)27-20(28)13-31-17-7-8-18(23)19(24)10-17/h2,7-11,15-16H,3-6,12-13H2,1H3,(H,26,29)(H,27,28)/t15-,16-. The van der Waals surface area contributed by atoms with Crippen LogP contribution in [0.5, 0.6) is 11.6 Å². The third-order valence-corrected chi connectivity index (χ3v) is 5.94. The van der Waals surface area contributed by atoms with E-state index >= 15 is 0 Å². The van der Waals surface area contributed by atoms with Gasteiger partial charge in [-0.1, -0.05) is 29.3 Å². The summed E-state index contributed by atoms with van der Waals surface area (Å²) in [4.78, 5) is 28.7. The zero-order valence-corrected chi connectivity index (χ0v) is 18.7. The van der Waals surface area contributed by atoms with E-state index in [1.165, 1.54) is 0 Å². The molecule has 2 aromatic rings. The molecule has 1 aromatic heterocycles. The number of pyridine rings is 1. The number of carbonyl (C=O) groups is 2. The first-order valence-corrected chi connectivity index (χ1v) is 10.8. The molecule has 2 N–H and O–H groups in total. The van der Waals surface area contributed by atoms with Crippen molar-refractivity contribution in [2.24, 2.45) is 5.92 Å². The van der Waals surface area contributed by atoms with Crippen molar-refractivity contribution < 1.29 is 19.1 Å². The molecule has 1 saturated carbocycles. The van der Waals surface area contributed by atoms with Gasteiger partial charge in [-0.15, -0.1) is 0 Å². The van der Waals surface area contributed by atoms with E-state index in [4.69, 9.17) is 32.7 Å². The molecule has 31 heavy (non-hydrogen) atoms. The lowest BCUT2D eigenvalue weighted by molar-refractivity contribution is -0.126. The van der Waals surface area contributed by atoms with Crippen LogP contribution < -0.4 is 20.1 Å². The Bertz CT molecular complexity index is 900. The maximum atomic E-state index is 12.5. The average molecular weight is 466 g/mol. The van der Waals surface area contributed by atoms with E-state index < -0.39 is 0 Å². The molecule has 1 heterocycles. The van der Waals surface area contributed by atoms with Crippen molar-refractivity contribution >= 4 is 35.0 Å². The molecule has 1 aliphatic rings. The average Bonchev–Trinajstić information content (AvgIpc) is 2.79. The van der Waals surface area contributed by atoms with Gasteiger partial charge in [0, 0.05) is 36.8 Å². The van der Waals surface area contributed by atoms with E-state index in [0.717, 1.165) is 31.2 Å². The predicted octanol–water partition coefficient (Wildman–Crippen LogP) is 3.77. The van der Waals surface area contributed by atoms with E-state index in [1.54, 1.807) is 37.6 Å². The molecule has 166 valence electrons. The molecule has 2 amide bonds. The van der Waals surface area contributed by atoms with E-state index in [2.05, 4.69) is 15.6 Å². The van der Waals surface area contributed by atoms with Crippen LogP contribution in [0.25, 0.3) is 0 Å². The first-order chi connectivity index (χ1) is 14.9. The number of rotatable bonds is 8. The smallest absolute Gasteiger partial charge is 0.258 e. The molecule has 0 aliphatic heterocycles. The number of carbonyl (C=O) groups excluding carboxylic acids is 2. The zero-order chi connectivity index (χ0) is 22.2. The monoisotopic (exact) mass is 465 g/mol. The molecule has 3 rings (SSSR count). The number of amides is 2. The fourth-order valence-electron chi connectivity index (χ4n) is 3.45. The minimum absolute atomic E-state index is 0.0311. The molecular formula is C22H25Cl2N3O4. The molecule has 7 nitrogen and oxygen atoms in total. The minimum atomic E-state index is -0.203. The number of benzene rings is 1. The van der Waals surface area contributed by atoms with Gasteiger partial charge in [-0.05, 0) is 43.4 Å². The Labute approximate surface area is 191 Å². The largest absolute Gasteiger partial charge is 0.484 e. The van der Waals surface area contributed by atoms with Crippen LogP contribution in [0.2, 0.25) is 10.0 Å². The Morgan fingerprint density at radius 2 is 1.87 bits per heavy atom. The van der Waals surface area contributed by atoms with Crippen molar-refractivity contribution in [2.45, 2.75) is 38.3 Å². The highest BCUT2D eigenvalue weighted by Gasteiger charge is 2.27. The minimum Gasteiger partial charge on any atom is -0.484 e. The van der Waals surface area contributed by atoms with Crippen molar-refractivity contribution in [1.82, 2.24) is 15.6 Å². The fraction of sp³-hybridized carbons (Fsp3) is 0.409. The molecule has 1 aliphatic carbocycles. The third-order valence-electron chi connectivity index (χ3n) is 5.20. The molecule has 0 bridgehead atoms. The SMILES string of the molecule is COc1ccc(CNC(=O)[C@H]2CC[C@H](NC(=O)COc3ccc(Cl)c(Cl)c3)CC2)cn1. The number of ether oxygens (including phenoxy) is 2. The van der Waals surface area contributed by atoms with Crippen molar-refractivity contribution in [2.75, 3.05) is 13.7 Å². The summed E-state index contributed by atoms with van der Waals surface area (Å²) in [5.41, 5.74) is 0.914. The van der Waals surface area contributed by atoms with Gasteiger partial charge < -0.3 is 20.1 Å². The molecule has 0 unspecified atom stereocenters. The fourth-order valence-corrected chi connectivity index (χ4v) is 3.74. The lowest BCUT2D eigenvalue weighted by Crippen LogP contribution is -2.42. The highest BCUT2D eigenvalue weighted by molar-refractivity contribution is 6.42. The molecule has 9 heteroatoms. The van der Waals surface area contributed by atoms with Crippen LogP contribution in [0.1, 0.15) is 31.2 Å². The topological polar surface area (TPSA) is 89.6 Å². The van der Waals surface area contributed by atoms with Gasteiger partial charge in [0.2, 0.25) is 11.8 Å². The summed E-state index contributed by atoms with van der Waals surface area (Å²) < 4.78 is 10.5. The lowest BCUT2D eigenvalue weighted by atomic mass is 9.85. The number of methoxy groups -OCH3 is 1. The Hall–Kier alpha value is -2.51. The first-order valence-electron chi connectivity index (χ1n) is 10.1. The summed E-state index contributed by atoms with van der Waals surface area (Å²) in [5, 5.41) is 6.73. The van der Waals surface area contributed by atoms with Gasteiger partial charge in [0.25, 0.3) is 5.91 Å². The van der Waals surface area contributed by atoms with Gasteiger partial charge in [-0.2, -0.15) is 0 Å². The van der Waals surface area contributed by atoms with Crippen LogP contribution in [0.4, 0.5) is 0 Å². The second-order valence-corrected chi connectivity index (χ2v) is 8.22.